The predicted octanol–water partition coefficient (Wildman–Crippen LogP) is 4.87. The van der Waals surface area contributed by atoms with Crippen LogP contribution >= 0.6 is 0 Å². The number of carbonyl (C=O) groups is 1. The number of aromatic amines is 1. The van der Waals surface area contributed by atoms with E-state index in [0.717, 1.165) is 23.2 Å². The van der Waals surface area contributed by atoms with E-state index >= 15 is 0 Å². The topological polar surface area (TPSA) is 105 Å². The number of carbonyl (C=O) groups excluding carboxylic acids is 1. The van der Waals surface area contributed by atoms with Gasteiger partial charge in [0, 0.05) is 42.7 Å². The van der Waals surface area contributed by atoms with Crippen molar-refractivity contribution < 1.29 is 23.8 Å². The number of methoxy groups -OCH3 is 1. The van der Waals surface area contributed by atoms with Gasteiger partial charge >= 0.3 is 0 Å². The Hall–Kier alpha value is -4.04. The number of fused-ring (bicyclic) bond motifs is 3. The van der Waals surface area contributed by atoms with Gasteiger partial charge in [-0.05, 0) is 49.6 Å². The molecule has 0 aliphatic carbocycles. The van der Waals surface area contributed by atoms with Crippen LogP contribution in [-0.4, -0.2) is 40.7 Å². The third-order valence-corrected chi connectivity index (χ3v) is 6.87. The largest absolute Gasteiger partial charge is 0.502 e. The molecular formula is C30H32N2O6. The molecule has 4 aromatic rings. The van der Waals surface area contributed by atoms with Crippen LogP contribution in [0.5, 0.6) is 11.5 Å². The van der Waals surface area contributed by atoms with Crippen molar-refractivity contribution in [1.29, 1.82) is 0 Å². The van der Waals surface area contributed by atoms with Crippen LogP contribution in [-0.2, 0) is 29.1 Å². The standard InChI is InChI=1S/C30H32N2O6/c1-18(2)37-20-10-8-19(9-11-20)24(30-29(35)27(33)14-21(38-30)17-36-3)15-28(34)32-13-12-23-22-6-4-5-7-25(22)31-26(23)16-32/h4-11,14,18,24,31,35H,12-13,15-17H2,1-3H3. The number of aromatic hydroxyl groups is 1. The summed E-state index contributed by atoms with van der Waals surface area (Å²) < 4.78 is 16.8. The number of amides is 1. The molecule has 2 N–H and O–H groups in total. The summed E-state index contributed by atoms with van der Waals surface area (Å²) >= 11 is 0. The van der Waals surface area contributed by atoms with Crippen molar-refractivity contribution in [3.05, 3.63) is 93.2 Å². The van der Waals surface area contributed by atoms with Crippen LogP contribution in [0.1, 0.15) is 54.5 Å². The molecule has 3 heterocycles. The normalized spacial score (nSPS) is 14.1. The van der Waals surface area contributed by atoms with Crippen LogP contribution in [0.4, 0.5) is 0 Å². The molecule has 1 aliphatic rings. The molecule has 8 nitrogen and oxygen atoms in total. The van der Waals surface area contributed by atoms with E-state index in [1.54, 1.807) is 0 Å². The minimum atomic E-state index is -0.677. The van der Waals surface area contributed by atoms with Gasteiger partial charge in [0.2, 0.25) is 17.1 Å². The van der Waals surface area contributed by atoms with Crippen LogP contribution < -0.4 is 10.2 Å². The van der Waals surface area contributed by atoms with E-state index in [1.807, 2.05) is 61.2 Å². The Balaban J connectivity index is 1.46. The molecule has 198 valence electrons. The van der Waals surface area contributed by atoms with Gasteiger partial charge in [0.1, 0.15) is 18.1 Å². The average Bonchev–Trinajstić information content (AvgIpc) is 3.27. The zero-order valence-corrected chi connectivity index (χ0v) is 21.8. The van der Waals surface area contributed by atoms with E-state index in [1.165, 1.54) is 24.1 Å². The number of ether oxygens (including phenoxy) is 2. The molecule has 1 unspecified atom stereocenters. The minimum absolute atomic E-state index is 0.0136. The Bertz CT molecular complexity index is 1500. The van der Waals surface area contributed by atoms with Gasteiger partial charge in [-0.3, -0.25) is 9.59 Å². The zero-order valence-electron chi connectivity index (χ0n) is 21.8. The summed E-state index contributed by atoms with van der Waals surface area (Å²) in [5.74, 6) is -0.246. The summed E-state index contributed by atoms with van der Waals surface area (Å²) in [6.45, 7) is 5.01. The van der Waals surface area contributed by atoms with E-state index < -0.39 is 17.1 Å². The molecule has 1 amide bonds. The second-order valence-electron chi connectivity index (χ2n) is 9.91. The third-order valence-electron chi connectivity index (χ3n) is 6.87. The molecule has 0 bridgehead atoms. The van der Waals surface area contributed by atoms with Crippen molar-refractivity contribution in [3.8, 4) is 11.5 Å². The lowest BCUT2D eigenvalue weighted by atomic mass is 9.91. The molecule has 38 heavy (non-hydrogen) atoms. The predicted molar refractivity (Wildman–Crippen MR) is 143 cm³/mol. The molecule has 1 atom stereocenters. The second-order valence-corrected chi connectivity index (χ2v) is 9.91. The maximum Gasteiger partial charge on any atom is 0.227 e. The van der Waals surface area contributed by atoms with Gasteiger partial charge in [0.05, 0.1) is 18.6 Å². The lowest BCUT2D eigenvalue weighted by Gasteiger charge is -2.29. The molecule has 8 heteroatoms. The van der Waals surface area contributed by atoms with Crippen LogP contribution in [0.3, 0.4) is 0 Å². The molecule has 0 saturated heterocycles. The van der Waals surface area contributed by atoms with Crippen LogP contribution in [0.25, 0.3) is 10.9 Å². The fraction of sp³-hybridized carbons (Fsp3) is 0.333. The highest BCUT2D eigenvalue weighted by atomic mass is 16.5. The molecule has 5 rings (SSSR count). The molecule has 0 spiro atoms. The number of hydrogen-bond acceptors (Lipinski definition) is 6. The monoisotopic (exact) mass is 516 g/mol. The number of aromatic nitrogens is 1. The Morgan fingerprint density at radius 1 is 1.16 bits per heavy atom. The van der Waals surface area contributed by atoms with Gasteiger partial charge in [-0.15, -0.1) is 0 Å². The lowest BCUT2D eigenvalue weighted by Crippen LogP contribution is -2.36. The highest BCUT2D eigenvalue weighted by Crippen LogP contribution is 2.36. The summed E-state index contributed by atoms with van der Waals surface area (Å²) in [4.78, 5) is 31.5. The highest BCUT2D eigenvalue weighted by Gasteiger charge is 2.30. The molecule has 1 aliphatic heterocycles. The maximum absolute atomic E-state index is 13.7. The van der Waals surface area contributed by atoms with E-state index in [4.69, 9.17) is 13.9 Å². The van der Waals surface area contributed by atoms with E-state index in [-0.39, 0.29) is 36.6 Å². The number of nitrogens with zero attached hydrogens (tertiary/aromatic N) is 1. The summed E-state index contributed by atoms with van der Waals surface area (Å²) in [5, 5.41) is 11.9. The Morgan fingerprint density at radius 3 is 2.66 bits per heavy atom. The Labute approximate surface area is 220 Å². The highest BCUT2D eigenvalue weighted by molar-refractivity contribution is 5.86. The molecule has 0 fully saturated rings. The lowest BCUT2D eigenvalue weighted by molar-refractivity contribution is -0.132. The van der Waals surface area contributed by atoms with Crippen molar-refractivity contribution in [3.63, 3.8) is 0 Å². The van der Waals surface area contributed by atoms with Gasteiger partial charge in [-0.25, -0.2) is 0 Å². The van der Waals surface area contributed by atoms with Gasteiger partial charge in [0.15, 0.2) is 5.76 Å². The number of hydrogen-bond donors (Lipinski definition) is 2. The molecule has 0 radical (unpaired) electrons. The molecule has 2 aromatic heterocycles. The number of para-hydroxylation sites is 1. The number of rotatable bonds is 8. The molecule has 0 saturated carbocycles. The molecule has 2 aromatic carbocycles. The SMILES string of the molecule is COCc1cc(=O)c(O)c(C(CC(=O)N2CCc3c([nH]c4ccccc34)C2)c2ccc(OC(C)C)cc2)o1. The first-order chi connectivity index (χ1) is 18.3. The van der Waals surface area contributed by atoms with Crippen molar-refractivity contribution in [2.75, 3.05) is 13.7 Å². The smallest absolute Gasteiger partial charge is 0.227 e. The van der Waals surface area contributed by atoms with E-state index in [9.17, 15) is 14.7 Å². The first-order valence-electron chi connectivity index (χ1n) is 12.8. The average molecular weight is 517 g/mol. The van der Waals surface area contributed by atoms with E-state index in [2.05, 4.69) is 11.1 Å². The minimum Gasteiger partial charge on any atom is -0.502 e. The number of benzene rings is 2. The van der Waals surface area contributed by atoms with Gasteiger partial charge in [-0.2, -0.15) is 0 Å². The summed E-state index contributed by atoms with van der Waals surface area (Å²) in [5.41, 5.74) is 3.50. The van der Waals surface area contributed by atoms with Crippen LogP contribution in [0, 0.1) is 0 Å². The van der Waals surface area contributed by atoms with Gasteiger partial charge in [-0.1, -0.05) is 30.3 Å². The van der Waals surface area contributed by atoms with Crippen LogP contribution in [0.15, 0.2) is 63.8 Å². The van der Waals surface area contributed by atoms with Crippen molar-refractivity contribution in [1.82, 2.24) is 9.88 Å². The fourth-order valence-corrected chi connectivity index (χ4v) is 5.13. The van der Waals surface area contributed by atoms with Crippen LogP contribution in [0.2, 0.25) is 0 Å². The quantitative estimate of drug-likeness (QED) is 0.346. The summed E-state index contributed by atoms with van der Waals surface area (Å²) in [6.07, 6.45) is 0.785. The van der Waals surface area contributed by atoms with Crippen molar-refractivity contribution in [2.24, 2.45) is 0 Å². The van der Waals surface area contributed by atoms with E-state index in [0.29, 0.717) is 18.8 Å². The number of H-pyrrole nitrogens is 1. The van der Waals surface area contributed by atoms with Gasteiger partial charge in [0.25, 0.3) is 0 Å². The molecular weight excluding hydrogens is 484 g/mol. The summed E-state index contributed by atoms with van der Waals surface area (Å²) in [7, 11) is 1.50. The third kappa shape index (κ3) is 5.17. The summed E-state index contributed by atoms with van der Waals surface area (Å²) in [6, 6.07) is 16.7. The van der Waals surface area contributed by atoms with Crippen molar-refractivity contribution in [2.45, 2.75) is 51.9 Å². The van der Waals surface area contributed by atoms with Gasteiger partial charge < -0.3 is 28.9 Å². The Kier molecular flexibility index (Phi) is 7.24. The fourth-order valence-electron chi connectivity index (χ4n) is 5.13. The second kappa shape index (κ2) is 10.8. The Morgan fingerprint density at radius 2 is 1.92 bits per heavy atom. The zero-order chi connectivity index (χ0) is 26.8. The van der Waals surface area contributed by atoms with Crippen molar-refractivity contribution >= 4 is 16.8 Å². The first kappa shape index (κ1) is 25.6. The maximum atomic E-state index is 13.7. The number of nitrogens with one attached hydrogen (secondary N) is 1. The first-order valence-corrected chi connectivity index (χ1v) is 12.8.